The molecule has 1 unspecified atom stereocenters. The van der Waals surface area contributed by atoms with Gasteiger partial charge in [0.1, 0.15) is 12.6 Å². The number of carboxylic acids is 2. The fourth-order valence-corrected chi connectivity index (χ4v) is 1.21. The third-order valence-corrected chi connectivity index (χ3v) is 2.09. The van der Waals surface area contributed by atoms with Crippen molar-refractivity contribution in [2.75, 3.05) is 27.7 Å². The Hall–Kier alpha value is -1.67. The lowest BCUT2D eigenvalue weighted by atomic mass is 10.2. The molecule has 0 aromatic heterocycles. The first kappa shape index (κ1) is 21.6. The average Bonchev–Trinajstić information content (AvgIpc) is 2.26. The molecule has 0 bridgehead atoms. The van der Waals surface area contributed by atoms with Crippen molar-refractivity contribution in [3.8, 4) is 0 Å². The Balaban J connectivity index is 0. The van der Waals surface area contributed by atoms with E-state index in [-0.39, 0.29) is 18.8 Å². The first-order valence-corrected chi connectivity index (χ1v) is 6.49. The van der Waals surface area contributed by atoms with Gasteiger partial charge in [0.25, 0.3) is 0 Å². The van der Waals surface area contributed by atoms with Crippen LogP contribution in [0.1, 0.15) is 26.7 Å². The molecule has 0 aliphatic rings. The maximum atomic E-state index is 11.0. The Labute approximate surface area is 124 Å². The van der Waals surface area contributed by atoms with Gasteiger partial charge in [0, 0.05) is 18.8 Å². The number of aliphatic hydroxyl groups excluding tert-OH is 1. The number of esters is 1. The zero-order chi connectivity index (χ0) is 17.2. The van der Waals surface area contributed by atoms with Gasteiger partial charge in [0.2, 0.25) is 0 Å². The van der Waals surface area contributed by atoms with Crippen molar-refractivity contribution in [3.05, 3.63) is 0 Å². The van der Waals surface area contributed by atoms with E-state index in [2.05, 4.69) is 0 Å². The maximum Gasteiger partial charge on any atom is 0.332 e. The summed E-state index contributed by atoms with van der Waals surface area (Å²) in [5, 5.41) is 26.2. The third-order valence-electron chi connectivity index (χ3n) is 2.09. The van der Waals surface area contributed by atoms with E-state index in [0.717, 1.165) is 0 Å². The molecule has 0 saturated heterocycles. The molecule has 0 amide bonds. The molecule has 0 fully saturated rings. The summed E-state index contributed by atoms with van der Waals surface area (Å²) in [6, 6.07) is 0. The molecule has 0 rings (SSSR count). The average molecular weight is 307 g/mol. The molecule has 0 aromatic rings. The summed E-state index contributed by atoms with van der Waals surface area (Å²) in [6.07, 6.45) is -1.84. The van der Waals surface area contributed by atoms with Crippen LogP contribution in [0.5, 0.6) is 0 Å². The van der Waals surface area contributed by atoms with Gasteiger partial charge < -0.3 is 29.3 Å². The number of nitrogens with zero attached hydrogens (tertiary/aromatic N) is 1. The summed E-state index contributed by atoms with van der Waals surface area (Å²) in [5.74, 6) is -2.76. The number of aliphatic hydroxyl groups is 1. The van der Waals surface area contributed by atoms with Crippen LogP contribution < -0.4 is 5.11 Å². The van der Waals surface area contributed by atoms with Crippen LogP contribution in [0.4, 0.5) is 0 Å². The Morgan fingerprint density at radius 2 is 1.67 bits per heavy atom. The van der Waals surface area contributed by atoms with Crippen molar-refractivity contribution >= 4 is 17.9 Å². The highest BCUT2D eigenvalue weighted by Gasteiger charge is 2.21. The number of ether oxygens (including phenoxy) is 1. The molecule has 0 aliphatic heterocycles. The Bertz CT molecular complexity index is 347. The van der Waals surface area contributed by atoms with Crippen LogP contribution in [-0.2, 0) is 19.1 Å². The first-order valence-electron chi connectivity index (χ1n) is 6.49. The minimum absolute atomic E-state index is 0.249. The van der Waals surface area contributed by atoms with Gasteiger partial charge in [-0.15, -0.1) is 0 Å². The van der Waals surface area contributed by atoms with Crippen LogP contribution in [-0.4, -0.2) is 72.5 Å². The number of quaternary nitrogens is 1. The van der Waals surface area contributed by atoms with E-state index in [1.807, 2.05) is 21.1 Å². The fourth-order valence-electron chi connectivity index (χ4n) is 1.21. The highest BCUT2D eigenvalue weighted by atomic mass is 16.5. The second-order valence-corrected chi connectivity index (χ2v) is 5.53. The van der Waals surface area contributed by atoms with Gasteiger partial charge in [-0.05, 0) is 6.92 Å². The molecule has 0 spiro atoms. The summed E-state index contributed by atoms with van der Waals surface area (Å²) in [4.78, 5) is 31.0. The van der Waals surface area contributed by atoms with Gasteiger partial charge in [0.15, 0.2) is 6.10 Å². The number of aliphatic carboxylic acids is 2. The van der Waals surface area contributed by atoms with E-state index in [0.29, 0.717) is 11.0 Å². The molecule has 8 nitrogen and oxygen atoms in total. The van der Waals surface area contributed by atoms with Crippen LogP contribution in [0.3, 0.4) is 0 Å². The van der Waals surface area contributed by atoms with Gasteiger partial charge in [-0.1, -0.05) is 6.92 Å². The molecule has 21 heavy (non-hydrogen) atoms. The molecular formula is C13H25NO7. The fraction of sp³-hybridized carbons (Fsp3) is 0.769. The number of hydrogen-bond acceptors (Lipinski definition) is 6. The lowest BCUT2D eigenvalue weighted by Gasteiger charge is -2.29. The van der Waals surface area contributed by atoms with E-state index in [1.54, 1.807) is 6.92 Å². The number of carboxylic acid groups (broad SMARTS) is 2. The van der Waals surface area contributed by atoms with Crippen LogP contribution in [0, 0.1) is 0 Å². The number of carbonyl (C=O) groups excluding carboxylic acids is 2. The lowest BCUT2D eigenvalue weighted by molar-refractivity contribution is -0.873. The summed E-state index contributed by atoms with van der Waals surface area (Å²) in [6.45, 7) is 3.33. The second-order valence-electron chi connectivity index (χ2n) is 5.53. The minimum atomic E-state index is -1.23. The molecule has 124 valence electrons. The Morgan fingerprint density at radius 3 is 1.90 bits per heavy atom. The van der Waals surface area contributed by atoms with Crippen molar-refractivity contribution in [1.29, 1.82) is 0 Å². The van der Waals surface area contributed by atoms with E-state index >= 15 is 0 Å². The largest absolute Gasteiger partial charge is 0.550 e. The van der Waals surface area contributed by atoms with Crippen LogP contribution in [0.25, 0.3) is 0 Å². The summed E-state index contributed by atoms with van der Waals surface area (Å²) < 4.78 is 5.55. The Morgan fingerprint density at radius 1 is 1.24 bits per heavy atom. The number of hydrogen-bond donors (Lipinski definition) is 2. The van der Waals surface area contributed by atoms with Crippen molar-refractivity contribution in [2.24, 2.45) is 0 Å². The quantitative estimate of drug-likeness (QED) is 0.438. The van der Waals surface area contributed by atoms with E-state index in [9.17, 15) is 19.5 Å². The molecule has 0 heterocycles. The molecule has 2 atom stereocenters. The Kier molecular flexibility index (Phi) is 10.4. The standard InChI is InChI=1S/C10H19NO4.C3H6O3/c1-5-10(14)15-8(6-9(12)13)7-11(2,3)4;1-2(4)3(5)6/h8H,5-7H2,1-4H3;2,4H,1H3,(H,5,6)/t8-;/m1./s1. The second kappa shape index (κ2) is 10.1. The third kappa shape index (κ3) is 16.3. The summed E-state index contributed by atoms with van der Waals surface area (Å²) >= 11 is 0. The van der Waals surface area contributed by atoms with E-state index in [1.165, 1.54) is 6.92 Å². The first-order chi connectivity index (χ1) is 9.38. The number of rotatable bonds is 7. The molecule has 0 aromatic carbocycles. The van der Waals surface area contributed by atoms with Crippen LogP contribution >= 0.6 is 0 Å². The van der Waals surface area contributed by atoms with Gasteiger partial charge in [-0.3, -0.25) is 4.79 Å². The smallest absolute Gasteiger partial charge is 0.332 e. The molecule has 0 saturated carbocycles. The molecule has 8 heteroatoms. The van der Waals surface area contributed by atoms with Crippen LogP contribution in [0.2, 0.25) is 0 Å². The van der Waals surface area contributed by atoms with Crippen LogP contribution in [0.15, 0.2) is 0 Å². The highest BCUT2D eigenvalue weighted by molar-refractivity contribution is 5.71. The number of carbonyl (C=O) groups is 3. The number of likely N-dealkylation sites (N-methyl/N-ethyl adjacent to an activating group) is 1. The normalized spacial score (nSPS) is 13.4. The minimum Gasteiger partial charge on any atom is -0.550 e. The van der Waals surface area contributed by atoms with Gasteiger partial charge in [0.05, 0.1) is 21.1 Å². The summed E-state index contributed by atoms with van der Waals surface area (Å²) in [5.41, 5.74) is 0. The predicted octanol–water partition coefficient (Wildman–Crippen LogP) is -1.39. The van der Waals surface area contributed by atoms with Crippen molar-refractivity contribution in [1.82, 2.24) is 0 Å². The zero-order valence-corrected chi connectivity index (χ0v) is 13.2. The van der Waals surface area contributed by atoms with Crippen molar-refractivity contribution in [3.63, 3.8) is 0 Å². The van der Waals surface area contributed by atoms with Gasteiger partial charge in [-0.2, -0.15) is 0 Å². The van der Waals surface area contributed by atoms with Crippen molar-refractivity contribution < 1.29 is 38.9 Å². The summed E-state index contributed by atoms with van der Waals surface area (Å²) in [7, 11) is 5.71. The van der Waals surface area contributed by atoms with Gasteiger partial charge in [-0.25, -0.2) is 4.79 Å². The van der Waals surface area contributed by atoms with Gasteiger partial charge >= 0.3 is 11.9 Å². The topological polar surface area (TPSA) is 124 Å². The maximum absolute atomic E-state index is 11.0. The predicted molar refractivity (Wildman–Crippen MR) is 72.0 cm³/mol. The molecular weight excluding hydrogens is 282 g/mol. The van der Waals surface area contributed by atoms with E-state index < -0.39 is 24.1 Å². The monoisotopic (exact) mass is 307 g/mol. The molecule has 2 N–H and O–H groups in total. The van der Waals surface area contributed by atoms with E-state index in [4.69, 9.17) is 14.9 Å². The zero-order valence-electron chi connectivity index (χ0n) is 13.2. The SMILES string of the molecule is CC(O)C(=O)O.CCC(=O)O[C@H](CC(=O)[O-])C[N+](C)(C)C. The molecule has 0 aliphatic carbocycles. The van der Waals surface area contributed by atoms with Crippen molar-refractivity contribution in [2.45, 2.75) is 38.9 Å². The highest BCUT2D eigenvalue weighted by Crippen LogP contribution is 2.05. The lowest BCUT2D eigenvalue weighted by Crippen LogP contribution is -2.45. The molecule has 0 radical (unpaired) electrons.